The molecule has 66 valence electrons. The van der Waals surface area contributed by atoms with Crippen molar-refractivity contribution in [2.75, 3.05) is 0 Å². The number of aromatic nitrogens is 2. The van der Waals surface area contributed by atoms with Gasteiger partial charge in [0.1, 0.15) is 11.8 Å². The molecule has 0 aliphatic heterocycles. The summed E-state index contributed by atoms with van der Waals surface area (Å²) >= 11 is 0. The minimum Gasteiger partial charge on any atom is -0.301 e. The van der Waals surface area contributed by atoms with Crippen LogP contribution < -0.4 is 0 Å². The van der Waals surface area contributed by atoms with Crippen LogP contribution >= 0.6 is 0 Å². The maximum atomic E-state index is 13.1. The first kappa shape index (κ1) is 7.91. The van der Waals surface area contributed by atoms with Crippen molar-refractivity contribution in [3.05, 3.63) is 30.2 Å². The molecule has 0 aliphatic carbocycles. The Bertz CT molecular complexity index is 450. The van der Waals surface area contributed by atoms with Crippen molar-refractivity contribution in [1.82, 2.24) is 9.78 Å². The van der Waals surface area contributed by atoms with Crippen molar-refractivity contribution >= 4 is 17.2 Å². The van der Waals surface area contributed by atoms with Gasteiger partial charge in [0.15, 0.2) is 5.82 Å². The zero-order chi connectivity index (χ0) is 9.26. The monoisotopic (exact) mass is 178 g/mol. The molecule has 3 nitrogen and oxygen atoms in total. The first-order valence-electron chi connectivity index (χ1n) is 3.86. The van der Waals surface area contributed by atoms with Crippen LogP contribution in [-0.4, -0.2) is 16.1 Å². The number of hydrogen-bond donors (Lipinski definition) is 0. The van der Waals surface area contributed by atoms with E-state index in [-0.39, 0.29) is 12.4 Å². The van der Waals surface area contributed by atoms with E-state index in [2.05, 4.69) is 5.10 Å². The highest BCUT2D eigenvalue weighted by Gasteiger charge is 2.03. The van der Waals surface area contributed by atoms with Crippen LogP contribution in [0.5, 0.6) is 0 Å². The van der Waals surface area contributed by atoms with E-state index in [9.17, 15) is 9.18 Å². The standard InChI is InChI=1S/C9H7FN2O/c10-8-3-1-2-7-6-12(4-5-13)11-9(7)8/h1-3,5-6H,4H2. The van der Waals surface area contributed by atoms with Gasteiger partial charge in [-0.1, -0.05) is 12.1 Å². The number of halogens is 1. The smallest absolute Gasteiger partial charge is 0.151 e. The molecule has 0 amide bonds. The maximum absolute atomic E-state index is 13.1. The molecule has 0 spiro atoms. The second-order valence-electron chi connectivity index (χ2n) is 2.70. The lowest BCUT2D eigenvalue weighted by Gasteiger charge is -1.88. The van der Waals surface area contributed by atoms with E-state index in [4.69, 9.17) is 0 Å². The SMILES string of the molecule is O=CCn1cc2cccc(F)c2n1. The first-order chi connectivity index (χ1) is 6.31. The number of fused-ring (bicyclic) bond motifs is 1. The molecule has 0 atom stereocenters. The van der Waals surface area contributed by atoms with Crippen LogP contribution in [-0.2, 0) is 11.3 Å². The van der Waals surface area contributed by atoms with Gasteiger partial charge in [-0.05, 0) is 6.07 Å². The molecule has 1 aromatic heterocycles. The Morgan fingerprint density at radius 2 is 2.38 bits per heavy atom. The fourth-order valence-electron chi connectivity index (χ4n) is 1.23. The quantitative estimate of drug-likeness (QED) is 0.651. The highest BCUT2D eigenvalue weighted by Crippen LogP contribution is 2.14. The van der Waals surface area contributed by atoms with Gasteiger partial charge in [-0.3, -0.25) is 4.68 Å². The lowest BCUT2D eigenvalue weighted by atomic mass is 10.2. The number of rotatable bonds is 2. The van der Waals surface area contributed by atoms with E-state index in [1.165, 1.54) is 10.7 Å². The summed E-state index contributed by atoms with van der Waals surface area (Å²) in [4.78, 5) is 10.2. The number of carbonyl (C=O) groups is 1. The van der Waals surface area contributed by atoms with Crippen LogP contribution in [0.1, 0.15) is 0 Å². The van der Waals surface area contributed by atoms with Crippen LogP contribution in [0.15, 0.2) is 24.4 Å². The van der Waals surface area contributed by atoms with E-state index in [0.29, 0.717) is 10.9 Å². The summed E-state index contributed by atoms with van der Waals surface area (Å²) in [5.74, 6) is -0.359. The number of nitrogens with zero attached hydrogens (tertiary/aromatic N) is 2. The van der Waals surface area contributed by atoms with Gasteiger partial charge in [0.25, 0.3) is 0 Å². The molecule has 0 fully saturated rings. The summed E-state index contributed by atoms with van der Waals surface area (Å²) in [7, 11) is 0. The van der Waals surface area contributed by atoms with E-state index in [1.54, 1.807) is 18.3 Å². The van der Waals surface area contributed by atoms with Crippen molar-refractivity contribution in [3.63, 3.8) is 0 Å². The van der Waals surface area contributed by atoms with E-state index < -0.39 is 0 Å². The van der Waals surface area contributed by atoms with Crippen molar-refractivity contribution in [2.45, 2.75) is 6.54 Å². The molecule has 4 heteroatoms. The average Bonchev–Trinajstić information content (AvgIpc) is 2.49. The highest BCUT2D eigenvalue weighted by molar-refractivity contribution is 5.78. The molecule has 1 heterocycles. The molecular formula is C9H7FN2O. The largest absolute Gasteiger partial charge is 0.301 e. The van der Waals surface area contributed by atoms with Gasteiger partial charge < -0.3 is 4.79 Å². The van der Waals surface area contributed by atoms with Crippen molar-refractivity contribution in [2.24, 2.45) is 0 Å². The maximum Gasteiger partial charge on any atom is 0.151 e. The van der Waals surface area contributed by atoms with Crippen LogP contribution in [0.2, 0.25) is 0 Å². The van der Waals surface area contributed by atoms with Gasteiger partial charge >= 0.3 is 0 Å². The van der Waals surface area contributed by atoms with Crippen molar-refractivity contribution in [1.29, 1.82) is 0 Å². The minimum atomic E-state index is -0.359. The summed E-state index contributed by atoms with van der Waals surface area (Å²) in [5.41, 5.74) is 0.310. The van der Waals surface area contributed by atoms with Gasteiger partial charge in [0, 0.05) is 11.6 Å². The topological polar surface area (TPSA) is 34.9 Å². The van der Waals surface area contributed by atoms with Gasteiger partial charge in [-0.25, -0.2) is 4.39 Å². The molecule has 0 radical (unpaired) electrons. The third-order valence-electron chi connectivity index (χ3n) is 1.80. The molecule has 0 aliphatic rings. The predicted octanol–water partition coefficient (Wildman–Crippen LogP) is 1.37. The zero-order valence-corrected chi connectivity index (χ0v) is 6.77. The van der Waals surface area contributed by atoms with Crippen molar-refractivity contribution < 1.29 is 9.18 Å². The first-order valence-corrected chi connectivity index (χ1v) is 3.86. The predicted molar refractivity (Wildman–Crippen MR) is 45.8 cm³/mol. The molecule has 0 unspecified atom stereocenters. The van der Waals surface area contributed by atoms with E-state index in [1.807, 2.05) is 0 Å². The van der Waals surface area contributed by atoms with Gasteiger partial charge in [0.2, 0.25) is 0 Å². The molecule has 2 rings (SSSR count). The van der Waals surface area contributed by atoms with Crippen LogP contribution in [0, 0.1) is 5.82 Å². The second kappa shape index (κ2) is 2.97. The third kappa shape index (κ3) is 1.30. The molecule has 13 heavy (non-hydrogen) atoms. The summed E-state index contributed by atoms with van der Waals surface area (Å²) in [5, 5.41) is 4.62. The van der Waals surface area contributed by atoms with Gasteiger partial charge in [-0.2, -0.15) is 5.10 Å². The van der Waals surface area contributed by atoms with Crippen LogP contribution in [0.25, 0.3) is 10.9 Å². The Kier molecular flexibility index (Phi) is 1.81. The molecule has 0 N–H and O–H groups in total. The Hall–Kier alpha value is -1.71. The molecule has 2 aromatic rings. The second-order valence-corrected chi connectivity index (χ2v) is 2.70. The lowest BCUT2D eigenvalue weighted by Crippen LogP contribution is -1.98. The summed E-state index contributed by atoms with van der Waals surface area (Å²) in [6, 6.07) is 4.72. The zero-order valence-electron chi connectivity index (χ0n) is 6.77. The Balaban J connectivity index is 2.61. The van der Waals surface area contributed by atoms with Crippen molar-refractivity contribution in [3.8, 4) is 0 Å². The van der Waals surface area contributed by atoms with Crippen LogP contribution in [0.3, 0.4) is 0 Å². The average molecular weight is 178 g/mol. The summed E-state index contributed by atoms with van der Waals surface area (Å²) in [6.45, 7) is 0.161. The van der Waals surface area contributed by atoms with E-state index in [0.717, 1.165) is 6.29 Å². The normalized spacial score (nSPS) is 10.5. The number of carbonyl (C=O) groups excluding carboxylic acids is 1. The fraction of sp³-hybridized carbons (Fsp3) is 0.111. The number of benzene rings is 1. The minimum absolute atomic E-state index is 0.161. The molecule has 0 saturated heterocycles. The van der Waals surface area contributed by atoms with Gasteiger partial charge in [0.05, 0.1) is 6.54 Å². The van der Waals surface area contributed by atoms with E-state index >= 15 is 0 Å². The lowest BCUT2D eigenvalue weighted by molar-refractivity contribution is -0.108. The molecule has 0 saturated carbocycles. The fourth-order valence-corrected chi connectivity index (χ4v) is 1.23. The Labute approximate surface area is 73.8 Å². The molecule has 0 bridgehead atoms. The number of aldehydes is 1. The Morgan fingerprint density at radius 1 is 1.54 bits per heavy atom. The Morgan fingerprint density at radius 3 is 3.08 bits per heavy atom. The van der Waals surface area contributed by atoms with Crippen LogP contribution in [0.4, 0.5) is 4.39 Å². The summed E-state index contributed by atoms with van der Waals surface area (Å²) < 4.78 is 14.5. The highest BCUT2D eigenvalue weighted by atomic mass is 19.1. The third-order valence-corrected chi connectivity index (χ3v) is 1.80. The van der Waals surface area contributed by atoms with Gasteiger partial charge in [-0.15, -0.1) is 0 Å². The number of hydrogen-bond acceptors (Lipinski definition) is 2. The molecular weight excluding hydrogens is 171 g/mol. The molecule has 1 aromatic carbocycles. The summed E-state index contributed by atoms with van der Waals surface area (Å²) in [6.07, 6.45) is 2.37.